The number of carbonyl (C=O) groups is 1. The van der Waals surface area contributed by atoms with Crippen molar-refractivity contribution < 1.29 is 18.7 Å². The Kier molecular flexibility index (Phi) is 5.00. The summed E-state index contributed by atoms with van der Waals surface area (Å²) < 4.78 is 24.5. The van der Waals surface area contributed by atoms with E-state index in [1.54, 1.807) is 12.1 Å². The molecule has 0 amide bonds. The van der Waals surface area contributed by atoms with E-state index in [0.29, 0.717) is 31.6 Å². The molecule has 0 aliphatic rings. The highest BCUT2D eigenvalue weighted by molar-refractivity contribution is 9.11. The van der Waals surface area contributed by atoms with E-state index in [9.17, 15) is 9.18 Å². The molecular formula is C15H11Br2FO3. The van der Waals surface area contributed by atoms with Crippen LogP contribution in [0.2, 0.25) is 0 Å². The maximum Gasteiger partial charge on any atom is 0.197 e. The van der Waals surface area contributed by atoms with E-state index in [4.69, 9.17) is 9.47 Å². The fourth-order valence-corrected chi connectivity index (χ4v) is 3.09. The molecule has 0 radical (unpaired) electrons. The highest BCUT2D eigenvalue weighted by atomic mass is 79.9. The lowest BCUT2D eigenvalue weighted by molar-refractivity contribution is 0.103. The van der Waals surface area contributed by atoms with Crippen molar-refractivity contribution in [2.45, 2.75) is 0 Å². The van der Waals surface area contributed by atoms with Crippen LogP contribution in [-0.4, -0.2) is 20.0 Å². The number of benzene rings is 2. The smallest absolute Gasteiger partial charge is 0.197 e. The Labute approximate surface area is 138 Å². The molecule has 0 fully saturated rings. The molecule has 110 valence electrons. The molecule has 2 aromatic carbocycles. The lowest BCUT2D eigenvalue weighted by Gasteiger charge is -2.13. The minimum Gasteiger partial charge on any atom is -0.495 e. The average molecular weight is 418 g/mol. The standard InChI is InChI=1S/C15H11Br2FO3/c1-20-12-6-5-10(15(21-2)13(12)17)14(19)9-4-3-8(18)7-11(9)16/h3-7H,1-2H3. The first-order valence-corrected chi connectivity index (χ1v) is 7.48. The number of carbonyl (C=O) groups excluding carboxylic acids is 1. The molecule has 0 N–H and O–H groups in total. The van der Waals surface area contributed by atoms with Crippen molar-refractivity contribution in [2.24, 2.45) is 0 Å². The highest BCUT2D eigenvalue weighted by Gasteiger charge is 2.21. The molecule has 2 rings (SSSR count). The summed E-state index contributed by atoms with van der Waals surface area (Å²) in [5.41, 5.74) is 0.712. The molecule has 0 aromatic heterocycles. The Morgan fingerprint density at radius 2 is 1.71 bits per heavy atom. The first kappa shape index (κ1) is 16.0. The fourth-order valence-electron chi connectivity index (χ4n) is 1.89. The van der Waals surface area contributed by atoms with Crippen LogP contribution in [0.1, 0.15) is 15.9 Å². The third kappa shape index (κ3) is 3.11. The predicted molar refractivity (Wildman–Crippen MR) is 84.8 cm³/mol. The van der Waals surface area contributed by atoms with Crippen LogP contribution >= 0.6 is 31.9 Å². The van der Waals surface area contributed by atoms with Crippen molar-refractivity contribution in [3.63, 3.8) is 0 Å². The molecule has 0 saturated heterocycles. The van der Waals surface area contributed by atoms with Gasteiger partial charge in [0.1, 0.15) is 21.8 Å². The molecule has 3 nitrogen and oxygen atoms in total. The molecule has 0 saturated carbocycles. The number of hydrogen-bond acceptors (Lipinski definition) is 3. The number of methoxy groups -OCH3 is 2. The molecule has 21 heavy (non-hydrogen) atoms. The van der Waals surface area contributed by atoms with Gasteiger partial charge < -0.3 is 9.47 Å². The molecule has 0 bridgehead atoms. The number of ether oxygens (including phenoxy) is 2. The van der Waals surface area contributed by atoms with Gasteiger partial charge in [0, 0.05) is 10.0 Å². The predicted octanol–water partition coefficient (Wildman–Crippen LogP) is 4.60. The van der Waals surface area contributed by atoms with Gasteiger partial charge in [-0.25, -0.2) is 4.39 Å². The maximum absolute atomic E-state index is 13.1. The van der Waals surface area contributed by atoms with E-state index in [-0.39, 0.29) is 5.78 Å². The van der Waals surface area contributed by atoms with Crippen LogP contribution in [0.5, 0.6) is 11.5 Å². The van der Waals surface area contributed by atoms with Crippen LogP contribution in [0.4, 0.5) is 4.39 Å². The normalized spacial score (nSPS) is 10.3. The minimum atomic E-state index is -0.415. The van der Waals surface area contributed by atoms with Crippen LogP contribution in [0.25, 0.3) is 0 Å². The second-order valence-corrected chi connectivity index (χ2v) is 5.76. The lowest BCUT2D eigenvalue weighted by Crippen LogP contribution is -2.06. The summed E-state index contributed by atoms with van der Waals surface area (Å²) in [7, 11) is 2.99. The van der Waals surface area contributed by atoms with Crippen molar-refractivity contribution in [3.05, 3.63) is 56.2 Å². The summed E-state index contributed by atoms with van der Waals surface area (Å²) in [6, 6.07) is 7.19. The fraction of sp³-hybridized carbons (Fsp3) is 0.133. The van der Waals surface area contributed by atoms with Crippen LogP contribution in [-0.2, 0) is 0 Å². The van der Waals surface area contributed by atoms with Gasteiger partial charge >= 0.3 is 0 Å². The van der Waals surface area contributed by atoms with Gasteiger partial charge in [0.05, 0.1) is 19.8 Å². The summed E-state index contributed by atoms with van der Waals surface area (Å²) >= 11 is 6.55. The summed E-state index contributed by atoms with van der Waals surface area (Å²) in [5, 5.41) is 0. The number of halogens is 3. The van der Waals surface area contributed by atoms with Crippen LogP contribution < -0.4 is 9.47 Å². The van der Waals surface area contributed by atoms with E-state index >= 15 is 0 Å². The Balaban J connectivity index is 2.55. The van der Waals surface area contributed by atoms with Crippen LogP contribution in [0, 0.1) is 5.82 Å². The first-order chi connectivity index (χ1) is 9.99. The van der Waals surface area contributed by atoms with E-state index in [0.717, 1.165) is 0 Å². The molecule has 6 heteroatoms. The molecule has 0 heterocycles. The maximum atomic E-state index is 13.1. The van der Waals surface area contributed by atoms with E-state index in [2.05, 4.69) is 31.9 Å². The summed E-state index contributed by atoms with van der Waals surface area (Å²) in [6.07, 6.45) is 0. The van der Waals surface area contributed by atoms with Gasteiger partial charge in [-0.15, -0.1) is 0 Å². The average Bonchev–Trinajstić information content (AvgIpc) is 2.46. The molecule has 0 spiro atoms. The zero-order chi connectivity index (χ0) is 15.6. The van der Waals surface area contributed by atoms with Gasteiger partial charge in [-0.2, -0.15) is 0 Å². The largest absolute Gasteiger partial charge is 0.495 e. The van der Waals surface area contributed by atoms with E-state index < -0.39 is 5.82 Å². The molecule has 2 aromatic rings. The zero-order valence-electron chi connectivity index (χ0n) is 11.2. The number of ketones is 1. The van der Waals surface area contributed by atoms with Crippen molar-refractivity contribution in [1.82, 2.24) is 0 Å². The molecule has 0 atom stereocenters. The third-order valence-corrected chi connectivity index (χ3v) is 4.31. The Bertz CT molecular complexity index is 702. The van der Waals surface area contributed by atoms with E-state index in [1.165, 1.54) is 32.4 Å². The molecular weight excluding hydrogens is 407 g/mol. The Morgan fingerprint density at radius 3 is 2.29 bits per heavy atom. The van der Waals surface area contributed by atoms with E-state index in [1.807, 2.05) is 0 Å². The zero-order valence-corrected chi connectivity index (χ0v) is 14.4. The van der Waals surface area contributed by atoms with Crippen molar-refractivity contribution in [2.75, 3.05) is 14.2 Å². The SMILES string of the molecule is COc1ccc(C(=O)c2ccc(F)cc2Br)c(OC)c1Br. The van der Waals surface area contributed by atoms with Crippen molar-refractivity contribution in [3.8, 4) is 11.5 Å². The first-order valence-electron chi connectivity index (χ1n) is 5.89. The summed E-state index contributed by atoms with van der Waals surface area (Å²) in [5.74, 6) is 0.237. The quantitative estimate of drug-likeness (QED) is 0.682. The van der Waals surface area contributed by atoms with Gasteiger partial charge in [0.25, 0.3) is 0 Å². The number of hydrogen-bond donors (Lipinski definition) is 0. The Morgan fingerprint density at radius 1 is 1.05 bits per heavy atom. The topological polar surface area (TPSA) is 35.5 Å². The minimum absolute atomic E-state index is 0.276. The number of rotatable bonds is 4. The summed E-state index contributed by atoms with van der Waals surface area (Å²) in [6.45, 7) is 0. The van der Waals surface area contributed by atoms with Gasteiger partial charge in [-0.1, -0.05) is 0 Å². The second-order valence-electron chi connectivity index (χ2n) is 4.12. The van der Waals surface area contributed by atoms with Gasteiger partial charge in [-0.3, -0.25) is 4.79 Å². The third-order valence-electron chi connectivity index (χ3n) is 2.91. The highest BCUT2D eigenvalue weighted by Crippen LogP contribution is 2.38. The molecule has 0 aliphatic heterocycles. The Hall–Kier alpha value is -1.40. The van der Waals surface area contributed by atoms with Crippen molar-refractivity contribution >= 4 is 37.6 Å². The van der Waals surface area contributed by atoms with Crippen LogP contribution in [0.3, 0.4) is 0 Å². The van der Waals surface area contributed by atoms with Gasteiger partial charge in [0.15, 0.2) is 5.78 Å². The second kappa shape index (κ2) is 6.58. The lowest BCUT2D eigenvalue weighted by atomic mass is 10.0. The summed E-state index contributed by atoms with van der Waals surface area (Å²) in [4.78, 5) is 12.6. The van der Waals surface area contributed by atoms with Gasteiger partial charge in [-0.05, 0) is 62.2 Å². The van der Waals surface area contributed by atoms with Crippen molar-refractivity contribution in [1.29, 1.82) is 0 Å². The molecule has 0 aliphatic carbocycles. The molecule has 0 unspecified atom stereocenters. The van der Waals surface area contributed by atoms with Gasteiger partial charge in [0.2, 0.25) is 0 Å². The monoisotopic (exact) mass is 416 g/mol. The van der Waals surface area contributed by atoms with Crippen LogP contribution in [0.15, 0.2) is 39.3 Å².